The first-order chi connectivity index (χ1) is 18.2. The van der Waals surface area contributed by atoms with E-state index >= 15 is 0 Å². The number of aromatic nitrogens is 2. The molecule has 1 amide bonds. The number of aryl methyl sites for hydroxylation is 1. The first-order valence-electron chi connectivity index (χ1n) is 12.6. The van der Waals surface area contributed by atoms with Gasteiger partial charge in [-0.1, -0.05) is 78.9 Å². The van der Waals surface area contributed by atoms with Crippen LogP contribution < -0.4 is 5.32 Å². The summed E-state index contributed by atoms with van der Waals surface area (Å²) in [4.78, 5) is 17.5. The van der Waals surface area contributed by atoms with Crippen LogP contribution in [0.3, 0.4) is 0 Å². The summed E-state index contributed by atoms with van der Waals surface area (Å²) in [5, 5.41) is 5.71. The summed E-state index contributed by atoms with van der Waals surface area (Å²) >= 11 is 1.82. The molecule has 0 saturated heterocycles. The van der Waals surface area contributed by atoms with Crippen LogP contribution in [0, 0.1) is 0 Å². The molecule has 37 heavy (non-hydrogen) atoms. The molecule has 0 saturated carbocycles. The molecule has 182 valence electrons. The number of nitrogens with zero attached hydrogens (tertiary/aromatic N) is 2. The van der Waals surface area contributed by atoms with Crippen LogP contribution in [0.15, 0.2) is 110 Å². The second-order valence-corrected chi connectivity index (χ2v) is 10.4. The third-order valence-corrected chi connectivity index (χ3v) is 8.02. The molecule has 0 unspecified atom stereocenters. The van der Waals surface area contributed by atoms with Crippen molar-refractivity contribution in [2.45, 2.75) is 25.8 Å². The molecule has 5 heteroatoms. The summed E-state index contributed by atoms with van der Waals surface area (Å²) in [6, 6.07) is 33.8. The van der Waals surface area contributed by atoms with Gasteiger partial charge in [-0.15, -0.1) is 11.3 Å². The largest absolute Gasteiger partial charge is 0.348 e. The summed E-state index contributed by atoms with van der Waals surface area (Å²) in [5.41, 5.74) is 5.03. The number of hydrogen-bond donors (Lipinski definition) is 1. The molecule has 6 aromatic rings. The standard InChI is InChI=1S/C32H27N3OS/c1-22(17-18-23-9-3-2-4-10-23)34-32(36)29-20-33-21-35(29)25-12-7-11-24(19-25)26-14-8-15-28-27-13-5-6-16-30(27)37-31(26)28/h2-16,19-22H,17-18H2,1H3,(H,34,36)/t22-/m1/s1. The van der Waals surface area contributed by atoms with Gasteiger partial charge in [0.2, 0.25) is 0 Å². The lowest BCUT2D eigenvalue weighted by Gasteiger charge is -2.15. The molecule has 0 spiro atoms. The number of amides is 1. The molecule has 2 aromatic heterocycles. The van der Waals surface area contributed by atoms with E-state index in [0.717, 1.165) is 24.1 Å². The van der Waals surface area contributed by atoms with Crippen LogP contribution >= 0.6 is 11.3 Å². The second kappa shape index (κ2) is 10.0. The SMILES string of the molecule is C[C@H](CCc1ccccc1)NC(=O)c1cncn1-c1cccc(-c2cccc3c2sc2ccccc23)c1. The lowest BCUT2D eigenvalue weighted by atomic mass is 10.0. The van der Waals surface area contributed by atoms with E-state index in [0.29, 0.717) is 5.69 Å². The highest BCUT2D eigenvalue weighted by molar-refractivity contribution is 7.26. The van der Waals surface area contributed by atoms with Crippen LogP contribution in [-0.2, 0) is 6.42 Å². The number of benzene rings is 4. The first-order valence-corrected chi connectivity index (χ1v) is 13.4. The van der Waals surface area contributed by atoms with Gasteiger partial charge in [-0.3, -0.25) is 9.36 Å². The third kappa shape index (κ3) is 4.66. The van der Waals surface area contributed by atoms with Crippen LogP contribution in [0.4, 0.5) is 0 Å². The van der Waals surface area contributed by atoms with E-state index in [1.165, 1.54) is 31.3 Å². The molecule has 0 aliphatic carbocycles. The van der Waals surface area contributed by atoms with Gasteiger partial charge in [0.1, 0.15) is 5.69 Å². The summed E-state index contributed by atoms with van der Waals surface area (Å²) in [6.07, 6.45) is 5.15. The number of carbonyl (C=O) groups excluding carboxylic acids is 1. The van der Waals surface area contributed by atoms with E-state index in [9.17, 15) is 4.79 Å². The van der Waals surface area contributed by atoms with Crippen molar-refractivity contribution in [1.82, 2.24) is 14.9 Å². The quantitative estimate of drug-likeness (QED) is 0.244. The van der Waals surface area contributed by atoms with Crippen LogP contribution in [0.2, 0.25) is 0 Å². The minimum atomic E-state index is -0.116. The predicted octanol–water partition coefficient (Wildman–Crippen LogP) is 7.66. The highest BCUT2D eigenvalue weighted by Gasteiger charge is 2.17. The van der Waals surface area contributed by atoms with E-state index in [-0.39, 0.29) is 11.9 Å². The van der Waals surface area contributed by atoms with Crippen LogP contribution in [0.1, 0.15) is 29.4 Å². The molecule has 0 fully saturated rings. The maximum absolute atomic E-state index is 13.2. The van der Waals surface area contributed by atoms with Gasteiger partial charge in [0.25, 0.3) is 5.91 Å². The zero-order valence-electron chi connectivity index (χ0n) is 20.6. The van der Waals surface area contributed by atoms with E-state index in [1.54, 1.807) is 12.5 Å². The number of imidazole rings is 1. The van der Waals surface area contributed by atoms with Gasteiger partial charge in [-0.05, 0) is 54.7 Å². The maximum Gasteiger partial charge on any atom is 0.270 e. The van der Waals surface area contributed by atoms with Crippen molar-refractivity contribution >= 4 is 37.4 Å². The average molecular weight is 502 g/mol. The smallest absolute Gasteiger partial charge is 0.270 e. The van der Waals surface area contributed by atoms with Crippen molar-refractivity contribution < 1.29 is 4.79 Å². The Morgan fingerprint density at radius 2 is 1.70 bits per heavy atom. The number of nitrogens with one attached hydrogen (secondary N) is 1. The summed E-state index contributed by atoms with van der Waals surface area (Å²) in [6.45, 7) is 2.05. The van der Waals surface area contributed by atoms with Gasteiger partial charge >= 0.3 is 0 Å². The molecule has 0 aliphatic rings. The van der Waals surface area contributed by atoms with Crippen molar-refractivity contribution in [3.8, 4) is 16.8 Å². The van der Waals surface area contributed by atoms with Gasteiger partial charge in [-0.2, -0.15) is 0 Å². The minimum Gasteiger partial charge on any atom is -0.348 e. The van der Waals surface area contributed by atoms with Gasteiger partial charge in [0.15, 0.2) is 0 Å². The van der Waals surface area contributed by atoms with Crippen molar-refractivity contribution in [1.29, 1.82) is 0 Å². The average Bonchev–Trinajstić information content (AvgIpc) is 3.58. The molecule has 1 N–H and O–H groups in total. The highest BCUT2D eigenvalue weighted by Crippen LogP contribution is 2.40. The Bertz CT molecular complexity index is 1700. The highest BCUT2D eigenvalue weighted by atomic mass is 32.1. The summed E-state index contributed by atoms with van der Waals surface area (Å²) in [5.74, 6) is -0.116. The monoisotopic (exact) mass is 501 g/mol. The second-order valence-electron chi connectivity index (χ2n) is 9.38. The molecule has 4 nitrogen and oxygen atoms in total. The Hall–Kier alpha value is -4.22. The van der Waals surface area contributed by atoms with Crippen molar-refractivity contribution in [3.05, 3.63) is 121 Å². The zero-order chi connectivity index (χ0) is 25.2. The molecule has 0 aliphatic heterocycles. The fraction of sp³-hybridized carbons (Fsp3) is 0.125. The van der Waals surface area contributed by atoms with Crippen LogP contribution in [0.25, 0.3) is 37.0 Å². The Kier molecular flexibility index (Phi) is 6.29. The van der Waals surface area contributed by atoms with E-state index < -0.39 is 0 Å². The lowest BCUT2D eigenvalue weighted by molar-refractivity contribution is 0.0931. The summed E-state index contributed by atoms with van der Waals surface area (Å²) < 4.78 is 4.43. The van der Waals surface area contributed by atoms with Crippen LogP contribution in [-0.4, -0.2) is 21.5 Å². The molecular formula is C32H27N3OS. The van der Waals surface area contributed by atoms with Gasteiger partial charge < -0.3 is 5.32 Å². The van der Waals surface area contributed by atoms with Crippen molar-refractivity contribution in [2.75, 3.05) is 0 Å². The predicted molar refractivity (Wildman–Crippen MR) is 154 cm³/mol. The molecule has 2 heterocycles. The van der Waals surface area contributed by atoms with E-state index in [2.05, 4.69) is 77.0 Å². The van der Waals surface area contributed by atoms with Crippen molar-refractivity contribution in [3.63, 3.8) is 0 Å². The molecule has 6 rings (SSSR count). The lowest BCUT2D eigenvalue weighted by Crippen LogP contribution is -2.34. The number of rotatable bonds is 7. The number of fused-ring (bicyclic) bond motifs is 3. The van der Waals surface area contributed by atoms with Gasteiger partial charge in [0.05, 0.1) is 12.5 Å². The zero-order valence-corrected chi connectivity index (χ0v) is 21.4. The molecule has 1 atom stereocenters. The topological polar surface area (TPSA) is 46.9 Å². The fourth-order valence-electron chi connectivity index (χ4n) is 4.86. The number of thiophene rings is 1. The van der Waals surface area contributed by atoms with E-state index in [4.69, 9.17) is 0 Å². The minimum absolute atomic E-state index is 0.0490. The van der Waals surface area contributed by atoms with E-state index in [1.807, 2.05) is 53.2 Å². The molecule has 0 bridgehead atoms. The maximum atomic E-state index is 13.2. The first kappa shape index (κ1) is 23.2. The Balaban J connectivity index is 1.26. The Morgan fingerprint density at radius 3 is 2.59 bits per heavy atom. The molecule has 0 radical (unpaired) electrons. The Morgan fingerprint density at radius 1 is 0.919 bits per heavy atom. The Labute approximate surface area is 220 Å². The fourth-order valence-corrected chi connectivity index (χ4v) is 6.10. The van der Waals surface area contributed by atoms with Gasteiger partial charge in [-0.25, -0.2) is 4.98 Å². The van der Waals surface area contributed by atoms with Crippen LogP contribution in [0.5, 0.6) is 0 Å². The normalized spacial score (nSPS) is 12.1. The number of carbonyl (C=O) groups is 1. The van der Waals surface area contributed by atoms with Gasteiger partial charge in [0, 0.05) is 31.9 Å². The van der Waals surface area contributed by atoms with Crippen molar-refractivity contribution in [2.24, 2.45) is 0 Å². The summed E-state index contributed by atoms with van der Waals surface area (Å²) in [7, 11) is 0. The number of hydrogen-bond acceptors (Lipinski definition) is 3. The third-order valence-electron chi connectivity index (χ3n) is 6.80. The molecule has 4 aromatic carbocycles. The molecular weight excluding hydrogens is 474 g/mol.